The smallest absolute Gasteiger partial charge is 0.181 e. The molecule has 0 saturated heterocycles. The van der Waals surface area contributed by atoms with E-state index in [4.69, 9.17) is 11.6 Å². The summed E-state index contributed by atoms with van der Waals surface area (Å²) in [6.45, 7) is 0. The van der Waals surface area contributed by atoms with Crippen molar-refractivity contribution in [3.63, 3.8) is 0 Å². The average Bonchev–Trinajstić information content (AvgIpc) is 2.36. The lowest BCUT2D eigenvalue weighted by molar-refractivity contribution is 1.26. The van der Waals surface area contributed by atoms with Gasteiger partial charge in [0, 0.05) is 6.20 Å². The van der Waals surface area contributed by atoms with Crippen LogP contribution in [0.1, 0.15) is 0 Å². The molecule has 0 saturated carbocycles. The summed E-state index contributed by atoms with van der Waals surface area (Å²) < 4.78 is 0. The fraction of sp³-hybridized carbons (Fsp3) is 0. The molecule has 49 valence electrons. The Bertz CT molecular complexity index is 295. The number of hydrogen-bond donors (Lipinski definition) is 0. The lowest BCUT2D eigenvalue weighted by Gasteiger charge is -1.94. The molecular formula is C6H3ClN3. The first kappa shape index (κ1) is 5.68. The topological polar surface area (TPSA) is 39.4 Å². The quantitative estimate of drug-likeness (QED) is 0.557. The van der Waals surface area contributed by atoms with Gasteiger partial charge in [0.2, 0.25) is 0 Å². The van der Waals surface area contributed by atoms with Crippen LogP contribution < -0.4 is 5.32 Å². The van der Waals surface area contributed by atoms with Crippen LogP contribution in [0.3, 0.4) is 0 Å². The van der Waals surface area contributed by atoms with E-state index in [1.807, 2.05) is 0 Å². The van der Waals surface area contributed by atoms with Crippen molar-refractivity contribution in [3.8, 4) is 0 Å². The van der Waals surface area contributed by atoms with E-state index in [1.54, 1.807) is 12.3 Å². The Hall–Kier alpha value is -1.09. The Kier molecular flexibility index (Phi) is 1.11. The average molecular weight is 153 g/mol. The molecule has 0 spiro atoms. The second-order valence-electron chi connectivity index (χ2n) is 1.84. The number of pyridine rings is 1. The van der Waals surface area contributed by atoms with Crippen molar-refractivity contribution < 1.29 is 0 Å². The Balaban J connectivity index is 2.66. The summed E-state index contributed by atoms with van der Waals surface area (Å²) in [5.41, 5.74) is 0.671. The standard InChI is InChI=1S/C6H3ClN3/c7-4-1-2-8-6-5(4)9-3-10-6/h1-3H. The van der Waals surface area contributed by atoms with Crippen LogP contribution in [0.2, 0.25) is 5.02 Å². The molecule has 2 rings (SSSR count). The first-order chi connectivity index (χ1) is 4.88. The molecule has 1 aliphatic heterocycles. The Morgan fingerprint density at radius 3 is 3.10 bits per heavy atom. The molecule has 1 aliphatic rings. The van der Waals surface area contributed by atoms with Gasteiger partial charge in [0.05, 0.1) is 5.02 Å². The summed E-state index contributed by atoms with van der Waals surface area (Å²) in [6.07, 6.45) is 3.06. The second-order valence-corrected chi connectivity index (χ2v) is 2.25. The number of aromatic nitrogens is 1. The summed E-state index contributed by atoms with van der Waals surface area (Å²) in [7, 11) is 0. The molecule has 0 N–H and O–H groups in total. The van der Waals surface area contributed by atoms with E-state index in [-0.39, 0.29) is 0 Å². The third kappa shape index (κ3) is 0.675. The van der Waals surface area contributed by atoms with Crippen LogP contribution in [0, 0.1) is 0 Å². The van der Waals surface area contributed by atoms with Gasteiger partial charge in [-0.1, -0.05) is 11.6 Å². The molecule has 1 aromatic heterocycles. The van der Waals surface area contributed by atoms with Gasteiger partial charge in [0.1, 0.15) is 12.0 Å². The van der Waals surface area contributed by atoms with Gasteiger partial charge in [-0.2, -0.15) is 0 Å². The summed E-state index contributed by atoms with van der Waals surface area (Å²) in [6, 6.07) is 1.69. The van der Waals surface area contributed by atoms with Gasteiger partial charge in [-0.15, -0.1) is 0 Å². The molecule has 0 aliphatic carbocycles. The van der Waals surface area contributed by atoms with E-state index in [0.717, 1.165) is 0 Å². The lowest BCUT2D eigenvalue weighted by Crippen LogP contribution is -1.86. The van der Waals surface area contributed by atoms with Crippen molar-refractivity contribution in [3.05, 3.63) is 17.3 Å². The van der Waals surface area contributed by atoms with E-state index in [1.165, 1.54) is 6.34 Å². The molecule has 2 heterocycles. The van der Waals surface area contributed by atoms with Crippen LogP contribution >= 0.6 is 11.6 Å². The molecule has 3 nitrogen and oxygen atoms in total. The van der Waals surface area contributed by atoms with Crippen LogP contribution in [0.25, 0.3) is 0 Å². The van der Waals surface area contributed by atoms with E-state index in [9.17, 15) is 0 Å². The first-order valence-corrected chi connectivity index (χ1v) is 3.13. The molecule has 1 radical (unpaired) electrons. The number of fused-ring (bicyclic) bond motifs is 1. The number of rotatable bonds is 0. The fourth-order valence-electron chi connectivity index (χ4n) is 0.775. The van der Waals surface area contributed by atoms with E-state index >= 15 is 0 Å². The molecular weight excluding hydrogens is 150 g/mol. The minimum Gasteiger partial charge on any atom is -0.235 e. The number of nitrogens with zero attached hydrogens (tertiary/aromatic N) is 3. The summed E-state index contributed by atoms with van der Waals surface area (Å²) in [4.78, 5) is 7.82. The minimum atomic E-state index is 0.600. The van der Waals surface area contributed by atoms with Gasteiger partial charge in [-0.05, 0) is 6.07 Å². The predicted octanol–water partition coefficient (Wildman–Crippen LogP) is 1.64. The van der Waals surface area contributed by atoms with Crippen molar-refractivity contribution in [2.24, 2.45) is 4.99 Å². The van der Waals surface area contributed by atoms with Gasteiger partial charge in [-0.25, -0.2) is 15.3 Å². The summed E-state index contributed by atoms with van der Waals surface area (Å²) >= 11 is 5.76. The normalized spacial score (nSPS) is 12.9. The molecule has 0 atom stereocenters. The molecule has 0 aromatic carbocycles. The van der Waals surface area contributed by atoms with Crippen LogP contribution in [0.4, 0.5) is 11.5 Å². The SMILES string of the molecule is Clc1ccnc2c1[N]C=N2. The van der Waals surface area contributed by atoms with Crippen molar-refractivity contribution in [1.29, 1.82) is 0 Å². The van der Waals surface area contributed by atoms with E-state index < -0.39 is 0 Å². The number of hydrogen-bond acceptors (Lipinski definition) is 2. The Morgan fingerprint density at radius 1 is 1.40 bits per heavy atom. The van der Waals surface area contributed by atoms with Crippen LogP contribution in [0.5, 0.6) is 0 Å². The molecule has 10 heavy (non-hydrogen) atoms. The maximum absolute atomic E-state index is 5.76. The summed E-state index contributed by atoms with van der Waals surface area (Å²) in [5.74, 6) is 0.604. The number of aliphatic imine (C=N–C) groups is 1. The van der Waals surface area contributed by atoms with Crippen molar-refractivity contribution >= 4 is 29.4 Å². The predicted molar refractivity (Wildman–Crippen MR) is 39.2 cm³/mol. The van der Waals surface area contributed by atoms with Crippen molar-refractivity contribution in [2.45, 2.75) is 0 Å². The van der Waals surface area contributed by atoms with Gasteiger partial charge in [0.15, 0.2) is 5.82 Å². The third-order valence-corrected chi connectivity index (χ3v) is 1.53. The highest BCUT2D eigenvalue weighted by atomic mass is 35.5. The summed E-state index contributed by atoms with van der Waals surface area (Å²) in [5, 5.41) is 4.51. The monoisotopic (exact) mass is 152 g/mol. The second kappa shape index (κ2) is 1.95. The Labute approximate surface area is 62.8 Å². The van der Waals surface area contributed by atoms with Crippen LogP contribution in [0.15, 0.2) is 17.3 Å². The van der Waals surface area contributed by atoms with Gasteiger partial charge < -0.3 is 0 Å². The van der Waals surface area contributed by atoms with Crippen molar-refractivity contribution in [1.82, 2.24) is 10.3 Å². The third-order valence-electron chi connectivity index (χ3n) is 1.22. The van der Waals surface area contributed by atoms with Gasteiger partial charge in [-0.3, -0.25) is 0 Å². The lowest BCUT2D eigenvalue weighted by atomic mass is 10.4. The highest BCUT2D eigenvalue weighted by Gasteiger charge is 2.11. The maximum Gasteiger partial charge on any atom is 0.181 e. The van der Waals surface area contributed by atoms with Gasteiger partial charge >= 0.3 is 0 Å². The Morgan fingerprint density at radius 2 is 2.30 bits per heavy atom. The molecule has 0 fully saturated rings. The molecule has 0 bridgehead atoms. The van der Waals surface area contributed by atoms with E-state index in [0.29, 0.717) is 16.5 Å². The van der Waals surface area contributed by atoms with Gasteiger partial charge in [0.25, 0.3) is 0 Å². The fourth-order valence-corrected chi connectivity index (χ4v) is 0.965. The maximum atomic E-state index is 5.76. The zero-order valence-electron chi connectivity index (χ0n) is 4.95. The van der Waals surface area contributed by atoms with Crippen molar-refractivity contribution in [2.75, 3.05) is 0 Å². The largest absolute Gasteiger partial charge is 0.235 e. The highest BCUT2D eigenvalue weighted by molar-refractivity contribution is 6.33. The highest BCUT2D eigenvalue weighted by Crippen LogP contribution is 2.32. The van der Waals surface area contributed by atoms with E-state index in [2.05, 4.69) is 15.3 Å². The molecule has 0 amide bonds. The minimum absolute atomic E-state index is 0.600. The number of halogens is 1. The molecule has 0 unspecified atom stereocenters. The first-order valence-electron chi connectivity index (χ1n) is 2.76. The molecule has 4 heteroatoms. The van der Waals surface area contributed by atoms with Crippen LogP contribution in [-0.2, 0) is 0 Å². The van der Waals surface area contributed by atoms with Crippen LogP contribution in [-0.4, -0.2) is 11.3 Å². The zero-order chi connectivity index (χ0) is 6.97. The zero-order valence-corrected chi connectivity index (χ0v) is 5.71. The molecule has 1 aromatic rings.